The summed E-state index contributed by atoms with van der Waals surface area (Å²) in [4.78, 5) is 17.6. The van der Waals surface area contributed by atoms with Gasteiger partial charge in [0.1, 0.15) is 0 Å². The Bertz CT molecular complexity index is 887. The summed E-state index contributed by atoms with van der Waals surface area (Å²) in [6.07, 6.45) is 1.62. The number of furan rings is 1. The highest BCUT2D eigenvalue weighted by Crippen LogP contribution is 2.29. The first-order valence-corrected chi connectivity index (χ1v) is 8.93. The first kappa shape index (κ1) is 18.0. The minimum atomic E-state index is -0.208. The van der Waals surface area contributed by atoms with Gasteiger partial charge in [-0.2, -0.15) is 0 Å². The number of methoxy groups -OCH3 is 1. The minimum absolute atomic E-state index is 0.0810. The van der Waals surface area contributed by atoms with Gasteiger partial charge >= 0.3 is 0 Å². The van der Waals surface area contributed by atoms with Gasteiger partial charge in [0.05, 0.1) is 25.6 Å². The van der Waals surface area contributed by atoms with E-state index in [1.807, 2.05) is 38.1 Å². The van der Waals surface area contributed by atoms with Gasteiger partial charge in [0.25, 0.3) is 5.91 Å². The van der Waals surface area contributed by atoms with Crippen molar-refractivity contribution in [3.05, 3.63) is 52.7 Å². The minimum Gasteiger partial charge on any atom is -0.493 e. The molecule has 1 aromatic carbocycles. The quantitative estimate of drug-likeness (QED) is 0.684. The SMILES string of the molecule is COc1cc(C)ccc1OCC(=O)NCc1sc(-c2ccco2)nc1C. The highest BCUT2D eigenvalue weighted by atomic mass is 32.1. The number of amides is 1. The van der Waals surface area contributed by atoms with Crippen LogP contribution in [0.2, 0.25) is 0 Å². The Morgan fingerprint density at radius 3 is 2.85 bits per heavy atom. The van der Waals surface area contributed by atoms with Crippen LogP contribution in [-0.4, -0.2) is 24.6 Å². The number of carbonyl (C=O) groups excluding carboxylic acids is 1. The van der Waals surface area contributed by atoms with Gasteiger partial charge in [-0.05, 0) is 43.7 Å². The second-order valence-corrected chi connectivity index (χ2v) is 6.81. The summed E-state index contributed by atoms with van der Waals surface area (Å²) in [5, 5.41) is 3.66. The van der Waals surface area contributed by atoms with Crippen LogP contribution in [0.15, 0.2) is 41.0 Å². The van der Waals surface area contributed by atoms with E-state index in [-0.39, 0.29) is 12.5 Å². The Labute approximate surface area is 155 Å². The molecule has 0 saturated carbocycles. The summed E-state index contributed by atoms with van der Waals surface area (Å²) in [7, 11) is 1.57. The summed E-state index contributed by atoms with van der Waals surface area (Å²) >= 11 is 1.50. The fourth-order valence-corrected chi connectivity index (χ4v) is 3.34. The Morgan fingerprint density at radius 2 is 2.12 bits per heavy atom. The third-order valence-electron chi connectivity index (χ3n) is 3.75. The Hall–Kier alpha value is -2.80. The lowest BCUT2D eigenvalue weighted by atomic mass is 10.2. The number of ether oxygens (including phenoxy) is 2. The lowest BCUT2D eigenvalue weighted by Gasteiger charge is -2.11. The van der Waals surface area contributed by atoms with Gasteiger partial charge in [0.2, 0.25) is 0 Å². The van der Waals surface area contributed by atoms with Crippen molar-refractivity contribution in [2.75, 3.05) is 13.7 Å². The molecule has 26 heavy (non-hydrogen) atoms. The van der Waals surface area contributed by atoms with E-state index in [1.165, 1.54) is 11.3 Å². The predicted octanol–water partition coefficient (Wildman–Crippen LogP) is 3.72. The highest BCUT2D eigenvalue weighted by Gasteiger charge is 2.13. The molecule has 0 unspecified atom stereocenters. The molecule has 0 aliphatic heterocycles. The zero-order chi connectivity index (χ0) is 18.5. The summed E-state index contributed by atoms with van der Waals surface area (Å²) in [6.45, 7) is 4.20. The van der Waals surface area contributed by atoms with E-state index < -0.39 is 0 Å². The Morgan fingerprint density at radius 1 is 1.27 bits per heavy atom. The van der Waals surface area contributed by atoms with Crippen molar-refractivity contribution in [1.29, 1.82) is 0 Å². The molecule has 1 N–H and O–H groups in total. The lowest BCUT2D eigenvalue weighted by Crippen LogP contribution is -2.28. The van der Waals surface area contributed by atoms with E-state index >= 15 is 0 Å². The number of thiazole rings is 1. The first-order chi connectivity index (χ1) is 12.6. The summed E-state index contributed by atoms with van der Waals surface area (Å²) in [6, 6.07) is 9.26. The van der Waals surface area contributed by atoms with Crippen LogP contribution in [0.3, 0.4) is 0 Å². The topological polar surface area (TPSA) is 73.6 Å². The van der Waals surface area contributed by atoms with Crippen LogP contribution in [0.1, 0.15) is 16.1 Å². The highest BCUT2D eigenvalue weighted by molar-refractivity contribution is 7.15. The molecule has 0 aliphatic carbocycles. The van der Waals surface area contributed by atoms with E-state index in [0.29, 0.717) is 18.0 Å². The number of hydrogen-bond acceptors (Lipinski definition) is 6. The number of rotatable bonds is 7. The third-order valence-corrected chi connectivity index (χ3v) is 4.92. The van der Waals surface area contributed by atoms with Gasteiger partial charge in [0, 0.05) is 4.88 Å². The third kappa shape index (κ3) is 4.23. The van der Waals surface area contributed by atoms with E-state index in [4.69, 9.17) is 13.9 Å². The average molecular weight is 372 g/mol. The molecule has 3 rings (SSSR count). The number of aryl methyl sites for hydroxylation is 2. The fraction of sp³-hybridized carbons (Fsp3) is 0.263. The largest absolute Gasteiger partial charge is 0.493 e. The molecular formula is C19H20N2O4S. The number of benzene rings is 1. The van der Waals surface area contributed by atoms with Gasteiger partial charge in [-0.15, -0.1) is 11.3 Å². The van der Waals surface area contributed by atoms with Crippen LogP contribution in [0.5, 0.6) is 11.5 Å². The van der Waals surface area contributed by atoms with Crippen LogP contribution < -0.4 is 14.8 Å². The second-order valence-electron chi connectivity index (χ2n) is 5.72. The molecule has 1 amide bonds. The summed E-state index contributed by atoms with van der Waals surface area (Å²) in [5.74, 6) is 1.67. The molecule has 0 aliphatic rings. The van der Waals surface area contributed by atoms with Crippen molar-refractivity contribution in [2.45, 2.75) is 20.4 Å². The molecular weight excluding hydrogens is 352 g/mol. The van der Waals surface area contributed by atoms with E-state index in [1.54, 1.807) is 19.4 Å². The van der Waals surface area contributed by atoms with Gasteiger partial charge in [0.15, 0.2) is 28.9 Å². The molecule has 2 heterocycles. The molecule has 2 aromatic heterocycles. The monoisotopic (exact) mass is 372 g/mol. The molecule has 0 fully saturated rings. The fourth-order valence-electron chi connectivity index (χ4n) is 2.36. The molecule has 7 heteroatoms. The van der Waals surface area contributed by atoms with Crippen LogP contribution >= 0.6 is 11.3 Å². The zero-order valence-electron chi connectivity index (χ0n) is 14.9. The maximum Gasteiger partial charge on any atom is 0.258 e. The molecule has 0 saturated heterocycles. The number of nitrogens with zero attached hydrogens (tertiary/aromatic N) is 1. The van der Waals surface area contributed by atoms with E-state index in [0.717, 1.165) is 26.9 Å². The number of aromatic nitrogens is 1. The van der Waals surface area contributed by atoms with Crippen molar-refractivity contribution < 1.29 is 18.7 Å². The Kier molecular flexibility index (Phi) is 5.58. The Balaban J connectivity index is 1.55. The van der Waals surface area contributed by atoms with Gasteiger partial charge in [-0.3, -0.25) is 4.79 Å². The average Bonchev–Trinajstić information content (AvgIpc) is 3.28. The number of nitrogens with one attached hydrogen (secondary N) is 1. The van der Waals surface area contributed by atoms with Gasteiger partial charge in [-0.1, -0.05) is 6.07 Å². The molecule has 136 valence electrons. The van der Waals surface area contributed by atoms with Crippen molar-refractivity contribution in [1.82, 2.24) is 10.3 Å². The van der Waals surface area contributed by atoms with Crippen LogP contribution in [0, 0.1) is 13.8 Å². The van der Waals surface area contributed by atoms with Crippen LogP contribution in [0.4, 0.5) is 0 Å². The van der Waals surface area contributed by atoms with E-state index in [9.17, 15) is 4.79 Å². The van der Waals surface area contributed by atoms with Crippen molar-refractivity contribution in [3.8, 4) is 22.3 Å². The number of hydrogen-bond donors (Lipinski definition) is 1. The molecule has 0 spiro atoms. The predicted molar refractivity (Wildman–Crippen MR) is 99.6 cm³/mol. The van der Waals surface area contributed by atoms with Gasteiger partial charge < -0.3 is 19.2 Å². The lowest BCUT2D eigenvalue weighted by molar-refractivity contribution is -0.123. The zero-order valence-corrected chi connectivity index (χ0v) is 15.7. The maximum absolute atomic E-state index is 12.1. The van der Waals surface area contributed by atoms with Crippen LogP contribution in [-0.2, 0) is 11.3 Å². The second kappa shape index (κ2) is 8.05. The standard InChI is InChI=1S/C19H20N2O4S/c1-12-6-7-14(16(9-12)23-3)25-11-18(22)20-10-17-13(2)21-19(26-17)15-5-4-8-24-15/h4-9H,10-11H2,1-3H3,(H,20,22). The molecule has 0 radical (unpaired) electrons. The van der Waals surface area contributed by atoms with Crippen LogP contribution in [0.25, 0.3) is 10.8 Å². The normalized spacial score (nSPS) is 10.6. The van der Waals surface area contributed by atoms with Crippen molar-refractivity contribution in [3.63, 3.8) is 0 Å². The molecule has 3 aromatic rings. The van der Waals surface area contributed by atoms with Gasteiger partial charge in [-0.25, -0.2) is 4.98 Å². The number of carbonyl (C=O) groups is 1. The molecule has 0 atom stereocenters. The van der Waals surface area contributed by atoms with Crippen molar-refractivity contribution in [2.24, 2.45) is 0 Å². The molecule has 0 bridgehead atoms. The summed E-state index contributed by atoms with van der Waals surface area (Å²) in [5.41, 5.74) is 1.94. The maximum atomic E-state index is 12.1. The van der Waals surface area contributed by atoms with Crippen molar-refractivity contribution >= 4 is 17.2 Å². The summed E-state index contributed by atoms with van der Waals surface area (Å²) < 4.78 is 16.2. The first-order valence-electron chi connectivity index (χ1n) is 8.11. The molecule has 6 nitrogen and oxygen atoms in total. The van der Waals surface area contributed by atoms with E-state index in [2.05, 4.69) is 10.3 Å². The smallest absolute Gasteiger partial charge is 0.258 e.